The zero-order chi connectivity index (χ0) is 13.3. The summed E-state index contributed by atoms with van der Waals surface area (Å²) in [7, 11) is 0. The summed E-state index contributed by atoms with van der Waals surface area (Å²) >= 11 is 0. The van der Waals surface area contributed by atoms with Gasteiger partial charge in [0.15, 0.2) is 0 Å². The van der Waals surface area contributed by atoms with E-state index in [-0.39, 0.29) is 26.1 Å². The summed E-state index contributed by atoms with van der Waals surface area (Å²) < 4.78 is 9.47. The molecule has 0 fully saturated rings. The Morgan fingerprint density at radius 3 is 1.76 bits per heavy atom. The topological polar surface area (TPSA) is 72.8 Å². The number of rotatable bonds is 8. The zero-order valence-corrected chi connectivity index (χ0v) is 9.98. The summed E-state index contributed by atoms with van der Waals surface area (Å²) in [4.78, 5) is 21.5. The summed E-state index contributed by atoms with van der Waals surface area (Å²) in [6.07, 6.45) is 2.64. The van der Waals surface area contributed by atoms with Crippen LogP contribution in [-0.2, 0) is 19.1 Å². The zero-order valence-electron chi connectivity index (χ0n) is 9.98. The fourth-order valence-electron chi connectivity index (χ4n) is 0.986. The molecule has 0 unspecified atom stereocenters. The number of esters is 2. The highest BCUT2D eigenvalue weighted by atomic mass is 16.5. The second-order valence-corrected chi connectivity index (χ2v) is 3.74. The highest BCUT2D eigenvalue weighted by molar-refractivity contribution is 5.81. The van der Waals surface area contributed by atoms with Crippen molar-refractivity contribution in [3.8, 4) is 0 Å². The first kappa shape index (κ1) is 15.4. The maximum atomic E-state index is 10.7. The Morgan fingerprint density at radius 1 is 1.12 bits per heavy atom. The Hall–Kier alpha value is -1.62. The molecule has 0 atom stereocenters. The standard InChI is InChI=1S/C12H18O5/c1-4-10(13)16-8-6-12(3,15)7-9-17-11(14)5-2/h4-5,15H,1-2,6-9H2,3H3. The predicted octanol–water partition coefficient (Wildman–Crippen LogP) is 0.976. The van der Waals surface area contributed by atoms with Crippen molar-refractivity contribution < 1.29 is 24.2 Å². The summed E-state index contributed by atoms with van der Waals surface area (Å²) in [5, 5.41) is 9.85. The van der Waals surface area contributed by atoms with Crippen LogP contribution in [0.5, 0.6) is 0 Å². The molecule has 0 saturated heterocycles. The van der Waals surface area contributed by atoms with E-state index in [2.05, 4.69) is 13.2 Å². The fraction of sp³-hybridized carbons (Fsp3) is 0.500. The minimum Gasteiger partial charge on any atom is -0.462 e. The third kappa shape index (κ3) is 8.21. The average molecular weight is 242 g/mol. The first-order valence-electron chi connectivity index (χ1n) is 5.22. The van der Waals surface area contributed by atoms with E-state index in [9.17, 15) is 14.7 Å². The van der Waals surface area contributed by atoms with E-state index >= 15 is 0 Å². The Bertz CT molecular complexity index is 265. The molecule has 0 aliphatic rings. The molecule has 1 N–H and O–H groups in total. The molecular formula is C12H18O5. The average Bonchev–Trinajstić information content (AvgIpc) is 2.27. The number of hydrogen-bond donors (Lipinski definition) is 1. The molecule has 0 amide bonds. The van der Waals surface area contributed by atoms with E-state index in [0.29, 0.717) is 0 Å². The van der Waals surface area contributed by atoms with Gasteiger partial charge in [-0.25, -0.2) is 9.59 Å². The first-order chi connectivity index (χ1) is 7.91. The quantitative estimate of drug-likeness (QED) is 0.507. The van der Waals surface area contributed by atoms with E-state index in [0.717, 1.165) is 12.2 Å². The van der Waals surface area contributed by atoms with Gasteiger partial charge in [-0.2, -0.15) is 0 Å². The van der Waals surface area contributed by atoms with Gasteiger partial charge in [-0.15, -0.1) is 0 Å². The van der Waals surface area contributed by atoms with Crippen LogP contribution in [0.4, 0.5) is 0 Å². The second kappa shape index (κ2) is 7.62. The summed E-state index contributed by atoms with van der Waals surface area (Å²) in [5.41, 5.74) is -1.05. The SMILES string of the molecule is C=CC(=O)OCCC(C)(O)CCOC(=O)C=C. The molecule has 5 heteroatoms. The molecule has 0 aromatic carbocycles. The van der Waals surface area contributed by atoms with Crippen LogP contribution in [0.1, 0.15) is 19.8 Å². The van der Waals surface area contributed by atoms with Crippen LogP contribution < -0.4 is 0 Å². The van der Waals surface area contributed by atoms with Gasteiger partial charge in [0.2, 0.25) is 0 Å². The normalized spacial score (nSPS) is 10.5. The van der Waals surface area contributed by atoms with E-state index in [4.69, 9.17) is 9.47 Å². The molecule has 0 heterocycles. The van der Waals surface area contributed by atoms with Crippen molar-refractivity contribution >= 4 is 11.9 Å². The molecule has 5 nitrogen and oxygen atoms in total. The highest BCUT2D eigenvalue weighted by Gasteiger charge is 2.21. The molecule has 0 spiro atoms. The molecular weight excluding hydrogens is 224 g/mol. The van der Waals surface area contributed by atoms with Gasteiger partial charge in [-0.1, -0.05) is 13.2 Å². The van der Waals surface area contributed by atoms with Crippen LogP contribution in [0.3, 0.4) is 0 Å². The van der Waals surface area contributed by atoms with Crippen LogP contribution in [0, 0.1) is 0 Å². The van der Waals surface area contributed by atoms with Gasteiger partial charge in [0.1, 0.15) is 0 Å². The van der Waals surface area contributed by atoms with E-state index < -0.39 is 17.5 Å². The van der Waals surface area contributed by atoms with Crippen molar-refractivity contribution in [1.82, 2.24) is 0 Å². The van der Waals surface area contributed by atoms with Gasteiger partial charge in [0, 0.05) is 25.0 Å². The Kier molecular flexibility index (Phi) is 6.89. The smallest absolute Gasteiger partial charge is 0.330 e. The Balaban J connectivity index is 3.79. The number of aliphatic hydroxyl groups is 1. The summed E-state index contributed by atoms with van der Waals surface area (Å²) in [6.45, 7) is 8.26. The third-order valence-electron chi connectivity index (χ3n) is 2.10. The number of carbonyl (C=O) groups is 2. The molecule has 0 rings (SSSR count). The van der Waals surface area contributed by atoms with Crippen molar-refractivity contribution in [2.75, 3.05) is 13.2 Å². The lowest BCUT2D eigenvalue weighted by molar-refractivity contribution is -0.140. The van der Waals surface area contributed by atoms with Crippen LogP contribution in [0.2, 0.25) is 0 Å². The summed E-state index contributed by atoms with van der Waals surface area (Å²) in [5.74, 6) is -1.06. The van der Waals surface area contributed by atoms with Crippen molar-refractivity contribution in [1.29, 1.82) is 0 Å². The van der Waals surface area contributed by atoms with Crippen LogP contribution >= 0.6 is 0 Å². The van der Waals surface area contributed by atoms with Gasteiger partial charge in [-0.05, 0) is 6.92 Å². The van der Waals surface area contributed by atoms with Crippen molar-refractivity contribution in [3.63, 3.8) is 0 Å². The minimum atomic E-state index is -1.05. The molecule has 96 valence electrons. The molecule has 17 heavy (non-hydrogen) atoms. The van der Waals surface area contributed by atoms with Crippen LogP contribution in [0.15, 0.2) is 25.3 Å². The van der Waals surface area contributed by atoms with Gasteiger partial charge in [0.05, 0.1) is 18.8 Å². The maximum Gasteiger partial charge on any atom is 0.330 e. The molecule has 0 aliphatic carbocycles. The monoisotopic (exact) mass is 242 g/mol. The molecule has 0 aromatic rings. The highest BCUT2D eigenvalue weighted by Crippen LogP contribution is 2.14. The number of carbonyl (C=O) groups excluding carboxylic acids is 2. The van der Waals surface area contributed by atoms with Crippen LogP contribution in [-0.4, -0.2) is 35.9 Å². The van der Waals surface area contributed by atoms with Gasteiger partial charge >= 0.3 is 11.9 Å². The second-order valence-electron chi connectivity index (χ2n) is 3.74. The molecule has 0 radical (unpaired) electrons. The van der Waals surface area contributed by atoms with Crippen molar-refractivity contribution in [3.05, 3.63) is 25.3 Å². The third-order valence-corrected chi connectivity index (χ3v) is 2.10. The fourth-order valence-corrected chi connectivity index (χ4v) is 0.986. The largest absolute Gasteiger partial charge is 0.462 e. The van der Waals surface area contributed by atoms with Crippen LogP contribution in [0.25, 0.3) is 0 Å². The maximum absolute atomic E-state index is 10.7. The molecule has 0 bridgehead atoms. The first-order valence-corrected chi connectivity index (χ1v) is 5.22. The van der Waals surface area contributed by atoms with Gasteiger partial charge in [-0.3, -0.25) is 0 Å². The lowest BCUT2D eigenvalue weighted by Gasteiger charge is -2.22. The predicted molar refractivity (Wildman–Crippen MR) is 62.2 cm³/mol. The summed E-state index contributed by atoms with van der Waals surface area (Å²) in [6, 6.07) is 0. The minimum absolute atomic E-state index is 0.0905. The van der Waals surface area contributed by atoms with Gasteiger partial charge in [0.25, 0.3) is 0 Å². The van der Waals surface area contributed by atoms with Crippen molar-refractivity contribution in [2.45, 2.75) is 25.4 Å². The molecule has 0 aliphatic heterocycles. The number of ether oxygens (including phenoxy) is 2. The lowest BCUT2D eigenvalue weighted by Crippen LogP contribution is -2.28. The Labute approximate surface area is 101 Å². The van der Waals surface area contributed by atoms with E-state index in [1.165, 1.54) is 0 Å². The van der Waals surface area contributed by atoms with E-state index in [1.807, 2.05) is 0 Å². The molecule has 0 saturated carbocycles. The van der Waals surface area contributed by atoms with E-state index in [1.54, 1.807) is 6.92 Å². The van der Waals surface area contributed by atoms with Gasteiger partial charge < -0.3 is 14.6 Å². The lowest BCUT2D eigenvalue weighted by atomic mass is 9.99. The molecule has 0 aromatic heterocycles. The number of hydrogen-bond acceptors (Lipinski definition) is 5. The Morgan fingerprint density at radius 2 is 1.47 bits per heavy atom. The van der Waals surface area contributed by atoms with Crippen molar-refractivity contribution in [2.24, 2.45) is 0 Å².